The summed E-state index contributed by atoms with van der Waals surface area (Å²) in [7, 11) is -3.38. The van der Waals surface area contributed by atoms with Crippen LogP contribution in [0, 0.1) is 0 Å². The Bertz CT molecular complexity index is 346. The van der Waals surface area contributed by atoms with E-state index in [0.29, 0.717) is 13.1 Å². The van der Waals surface area contributed by atoms with Crippen molar-refractivity contribution in [2.75, 3.05) is 13.1 Å². The van der Waals surface area contributed by atoms with E-state index in [9.17, 15) is 8.42 Å². The zero-order valence-electron chi connectivity index (χ0n) is 12.3. The molecule has 0 aromatic carbocycles. The van der Waals surface area contributed by atoms with E-state index in [-0.39, 0.29) is 12.1 Å². The molecule has 1 rings (SSSR count). The van der Waals surface area contributed by atoms with Crippen LogP contribution in [0.3, 0.4) is 0 Å². The summed E-state index contributed by atoms with van der Waals surface area (Å²) in [6.07, 6.45) is 7.15. The molecule has 1 aliphatic heterocycles. The fourth-order valence-corrected chi connectivity index (χ4v) is 4.32. The lowest BCUT2D eigenvalue weighted by Crippen LogP contribution is -2.53. The highest BCUT2D eigenvalue weighted by atomic mass is 32.2. The molecule has 1 heterocycles. The van der Waals surface area contributed by atoms with E-state index in [0.717, 1.165) is 44.9 Å². The van der Waals surface area contributed by atoms with Crippen molar-refractivity contribution in [3.63, 3.8) is 0 Å². The molecule has 0 aromatic rings. The number of unbranched alkanes of at least 4 members (excludes halogenated alkanes) is 2. The molecule has 0 aliphatic carbocycles. The van der Waals surface area contributed by atoms with E-state index in [1.54, 1.807) is 4.31 Å². The molecular weight excluding hydrogens is 262 g/mol. The second kappa shape index (κ2) is 8.19. The van der Waals surface area contributed by atoms with Gasteiger partial charge in [-0.1, -0.05) is 32.6 Å². The quantitative estimate of drug-likeness (QED) is 0.667. The van der Waals surface area contributed by atoms with Gasteiger partial charge in [-0.3, -0.25) is 0 Å². The summed E-state index contributed by atoms with van der Waals surface area (Å²) in [5, 5.41) is 0. The molecule has 1 aliphatic rings. The molecule has 2 atom stereocenters. The van der Waals surface area contributed by atoms with Crippen LogP contribution in [-0.4, -0.2) is 37.9 Å². The zero-order chi connectivity index (χ0) is 14.3. The van der Waals surface area contributed by atoms with Gasteiger partial charge in [-0.25, -0.2) is 0 Å². The van der Waals surface area contributed by atoms with Crippen LogP contribution >= 0.6 is 0 Å². The maximum absolute atomic E-state index is 12.4. The lowest BCUT2D eigenvalue weighted by atomic mass is 10.1. The van der Waals surface area contributed by atoms with Crippen LogP contribution < -0.4 is 10.5 Å². The summed E-state index contributed by atoms with van der Waals surface area (Å²) in [6, 6.07) is -0.0361. The minimum atomic E-state index is -3.38. The summed E-state index contributed by atoms with van der Waals surface area (Å²) in [6.45, 7) is 5.09. The third-order valence-electron chi connectivity index (χ3n) is 3.74. The number of hydrogen-bond donors (Lipinski definition) is 2. The predicted molar refractivity (Wildman–Crippen MR) is 79.1 cm³/mol. The minimum absolute atomic E-state index is 0.00287. The molecule has 0 amide bonds. The molecule has 5 nitrogen and oxygen atoms in total. The van der Waals surface area contributed by atoms with Gasteiger partial charge < -0.3 is 5.73 Å². The van der Waals surface area contributed by atoms with Crippen LogP contribution in [0.1, 0.15) is 58.8 Å². The van der Waals surface area contributed by atoms with E-state index >= 15 is 0 Å². The van der Waals surface area contributed by atoms with Gasteiger partial charge in [0.2, 0.25) is 0 Å². The van der Waals surface area contributed by atoms with Crippen LogP contribution in [0.4, 0.5) is 0 Å². The Kier molecular flexibility index (Phi) is 7.28. The number of nitrogens with one attached hydrogen (secondary N) is 1. The number of rotatable bonds is 8. The highest BCUT2D eigenvalue weighted by molar-refractivity contribution is 7.87. The predicted octanol–water partition coefficient (Wildman–Crippen LogP) is 1.60. The summed E-state index contributed by atoms with van der Waals surface area (Å²) < 4.78 is 29.1. The molecule has 6 heteroatoms. The molecule has 1 fully saturated rings. The Morgan fingerprint density at radius 3 is 2.74 bits per heavy atom. The van der Waals surface area contributed by atoms with Gasteiger partial charge in [0, 0.05) is 25.2 Å². The summed E-state index contributed by atoms with van der Waals surface area (Å²) in [5.41, 5.74) is 5.69. The molecule has 0 radical (unpaired) electrons. The zero-order valence-corrected chi connectivity index (χ0v) is 13.1. The number of nitrogens with two attached hydrogens (primary N) is 1. The lowest BCUT2D eigenvalue weighted by Gasteiger charge is -2.34. The molecule has 19 heavy (non-hydrogen) atoms. The Balaban J connectivity index is 2.53. The average molecular weight is 291 g/mol. The Morgan fingerprint density at radius 2 is 2.11 bits per heavy atom. The van der Waals surface area contributed by atoms with Crippen molar-refractivity contribution in [2.45, 2.75) is 70.9 Å². The molecule has 114 valence electrons. The summed E-state index contributed by atoms with van der Waals surface area (Å²) in [4.78, 5) is 0. The minimum Gasteiger partial charge on any atom is -0.329 e. The third kappa shape index (κ3) is 5.38. The van der Waals surface area contributed by atoms with Crippen LogP contribution in [-0.2, 0) is 10.2 Å². The van der Waals surface area contributed by atoms with Gasteiger partial charge in [0.1, 0.15) is 0 Å². The van der Waals surface area contributed by atoms with Gasteiger partial charge in [0.15, 0.2) is 0 Å². The molecule has 0 bridgehead atoms. The number of piperidine rings is 1. The largest absolute Gasteiger partial charge is 0.329 e. The summed E-state index contributed by atoms with van der Waals surface area (Å²) in [5.74, 6) is 0. The number of nitrogens with zero attached hydrogens (tertiary/aromatic N) is 1. The van der Waals surface area contributed by atoms with Crippen LogP contribution in [0.25, 0.3) is 0 Å². The molecule has 0 aromatic heterocycles. The molecular formula is C13H29N3O2S. The normalized spacial score (nSPS) is 23.4. The smallest absolute Gasteiger partial charge is 0.279 e. The highest BCUT2D eigenvalue weighted by Crippen LogP contribution is 2.19. The molecule has 3 N–H and O–H groups in total. The molecule has 1 saturated heterocycles. The van der Waals surface area contributed by atoms with Crippen LogP contribution in [0.5, 0.6) is 0 Å². The van der Waals surface area contributed by atoms with E-state index in [2.05, 4.69) is 11.6 Å². The van der Waals surface area contributed by atoms with E-state index < -0.39 is 10.2 Å². The Labute approximate surface area is 118 Å². The number of hydrogen-bond acceptors (Lipinski definition) is 3. The SMILES string of the molecule is CCCCCC(C)NS(=O)(=O)N1CCCCC1CN. The fraction of sp³-hybridized carbons (Fsp3) is 1.00. The van der Waals surface area contributed by atoms with Crippen molar-refractivity contribution in [2.24, 2.45) is 5.73 Å². The monoisotopic (exact) mass is 291 g/mol. The molecule has 2 unspecified atom stereocenters. The topological polar surface area (TPSA) is 75.4 Å². The standard InChI is InChI=1S/C13H29N3O2S/c1-3-4-5-8-12(2)15-19(17,18)16-10-7-6-9-13(16)11-14/h12-13,15H,3-11,14H2,1-2H3. The Morgan fingerprint density at radius 1 is 1.37 bits per heavy atom. The van der Waals surface area contributed by atoms with Crippen molar-refractivity contribution in [1.29, 1.82) is 0 Å². The van der Waals surface area contributed by atoms with Crippen molar-refractivity contribution < 1.29 is 8.42 Å². The van der Waals surface area contributed by atoms with Crippen molar-refractivity contribution in [3.8, 4) is 0 Å². The first-order valence-electron chi connectivity index (χ1n) is 7.50. The lowest BCUT2D eigenvalue weighted by molar-refractivity contribution is 0.253. The van der Waals surface area contributed by atoms with E-state index in [4.69, 9.17) is 5.73 Å². The summed E-state index contributed by atoms with van der Waals surface area (Å²) >= 11 is 0. The first-order chi connectivity index (χ1) is 9.01. The second-order valence-electron chi connectivity index (χ2n) is 5.52. The average Bonchev–Trinajstić information content (AvgIpc) is 2.38. The Hall–Kier alpha value is -0.170. The fourth-order valence-electron chi connectivity index (χ4n) is 2.61. The second-order valence-corrected chi connectivity index (χ2v) is 7.17. The maximum atomic E-state index is 12.4. The van der Waals surface area contributed by atoms with Gasteiger partial charge in [-0.05, 0) is 26.2 Å². The van der Waals surface area contributed by atoms with Crippen LogP contribution in [0.2, 0.25) is 0 Å². The highest BCUT2D eigenvalue weighted by Gasteiger charge is 2.31. The van der Waals surface area contributed by atoms with Gasteiger partial charge in [-0.15, -0.1) is 0 Å². The van der Waals surface area contributed by atoms with Gasteiger partial charge >= 0.3 is 0 Å². The maximum Gasteiger partial charge on any atom is 0.279 e. The van der Waals surface area contributed by atoms with E-state index in [1.165, 1.54) is 0 Å². The van der Waals surface area contributed by atoms with Crippen LogP contribution in [0.15, 0.2) is 0 Å². The van der Waals surface area contributed by atoms with Gasteiger partial charge in [0.25, 0.3) is 10.2 Å². The third-order valence-corrected chi connectivity index (χ3v) is 5.54. The van der Waals surface area contributed by atoms with Crippen molar-refractivity contribution >= 4 is 10.2 Å². The first kappa shape index (κ1) is 16.9. The van der Waals surface area contributed by atoms with E-state index in [1.807, 2.05) is 6.92 Å². The van der Waals surface area contributed by atoms with Crippen molar-refractivity contribution in [1.82, 2.24) is 9.03 Å². The first-order valence-corrected chi connectivity index (χ1v) is 8.94. The molecule has 0 spiro atoms. The van der Waals surface area contributed by atoms with Gasteiger partial charge in [-0.2, -0.15) is 17.4 Å². The van der Waals surface area contributed by atoms with Gasteiger partial charge in [0.05, 0.1) is 0 Å². The molecule has 0 saturated carbocycles. The van der Waals surface area contributed by atoms with Crippen molar-refractivity contribution in [3.05, 3.63) is 0 Å².